The minimum atomic E-state index is -1.79. The third-order valence-corrected chi connectivity index (χ3v) is 8.25. The molecule has 5 rings (SSSR count). The van der Waals surface area contributed by atoms with Gasteiger partial charge in [0.2, 0.25) is 11.8 Å². The number of aromatic hydroxyl groups is 1. The molecule has 1 aliphatic carbocycles. The van der Waals surface area contributed by atoms with Crippen LogP contribution in [0.3, 0.4) is 0 Å². The van der Waals surface area contributed by atoms with Gasteiger partial charge in [-0.25, -0.2) is 0 Å². The van der Waals surface area contributed by atoms with Gasteiger partial charge in [-0.1, -0.05) is 30.3 Å². The monoisotopic (exact) mass is 584 g/mol. The van der Waals surface area contributed by atoms with Gasteiger partial charge in [-0.15, -0.1) is 0 Å². The van der Waals surface area contributed by atoms with Gasteiger partial charge in [0.25, 0.3) is 0 Å². The first kappa shape index (κ1) is 30.3. The van der Waals surface area contributed by atoms with E-state index in [2.05, 4.69) is 4.98 Å². The summed E-state index contributed by atoms with van der Waals surface area (Å²) >= 11 is 0. The summed E-state index contributed by atoms with van der Waals surface area (Å²) in [6, 6.07) is 18.0. The standard InChI is InChI=1S/C32H33BN2O8/c36-17-21-15-25-30(32(41)35(31(25)40)23-7-4-6-22(16-23)33(42)43)26(18-37)29(21)28(39)11-10-20(27-9-1-2-12-34-27)13-19-5-3-8-24(38)14-19/h1-9,12-14,16,25-26,28,30,36-39,42-43H,10-11,15,17-18H2/b20-13-/t25-,26+,28-,30-/m1/s1. The molecule has 0 unspecified atom stereocenters. The number of aliphatic hydroxyl groups excluding tert-OH is 3. The van der Waals surface area contributed by atoms with Crippen LogP contribution in [0.25, 0.3) is 11.6 Å². The van der Waals surface area contributed by atoms with Gasteiger partial charge in [-0.2, -0.15) is 0 Å². The first-order valence-electron chi connectivity index (χ1n) is 14.1. The molecular formula is C32H33BN2O8. The lowest BCUT2D eigenvalue weighted by Crippen LogP contribution is -2.39. The molecule has 2 aliphatic rings. The molecule has 2 heterocycles. The number of aliphatic hydroxyl groups is 3. The Kier molecular flexibility index (Phi) is 9.19. The maximum absolute atomic E-state index is 13.7. The number of benzene rings is 2. The average Bonchev–Trinajstić information content (AvgIpc) is 3.27. The van der Waals surface area contributed by atoms with E-state index in [1.165, 1.54) is 24.3 Å². The van der Waals surface area contributed by atoms with Gasteiger partial charge in [-0.05, 0) is 89.5 Å². The van der Waals surface area contributed by atoms with Crippen LogP contribution in [0.15, 0.2) is 84.1 Å². The number of fused-ring (bicyclic) bond motifs is 1. The molecule has 2 amide bonds. The Morgan fingerprint density at radius 3 is 2.49 bits per heavy atom. The van der Waals surface area contributed by atoms with Gasteiger partial charge in [0.1, 0.15) is 5.75 Å². The molecule has 0 bridgehead atoms. The van der Waals surface area contributed by atoms with Crippen molar-refractivity contribution in [2.45, 2.75) is 25.4 Å². The number of amides is 2. The van der Waals surface area contributed by atoms with E-state index < -0.39 is 56.0 Å². The molecule has 4 atom stereocenters. The Morgan fingerprint density at radius 1 is 1.02 bits per heavy atom. The number of phenolic OH excluding ortho intramolecular Hbond substituents is 1. The van der Waals surface area contributed by atoms with Crippen LogP contribution in [0.4, 0.5) is 5.69 Å². The van der Waals surface area contributed by atoms with Crippen LogP contribution in [0, 0.1) is 17.8 Å². The highest BCUT2D eigenvalue weighted by Crippen LogP contribution is 2.47. The SMILES string of the molecule is O=C1[C@@H]2[C@@H](CC(CO)=C([C@H](O)CC/C(=C/c3cccc(O)c3)c3ccccn3)[C@@H]2CO)C(=O)N1c1cccc(B(O)O)c1. The van der Waals surface area contributed by atoms with E-state index in [0.29, 0.717) is 23.3 Å². The summed E-state index contributed by atoms with van der Waals surface area (Å²) in [5.74, 6) is -3.67. The topological polar surface area (TPSA) is 172 Å². The van der Waals surface area contributed by atoms with Crippen molar-refractivity contribution in [3.8, 4) is 5.75 Å². The van der Waals surface area contributed by atoms with Crippen molar-refractivity contribution < 1.29 is 40.1 Å². The maximum Gasteiger partial charge on any atom is 0.488 e. The van der Waals surface area contributed by atoms with Crippen LogP contribution in [-0.2, 0) is 9.59 Å². The van der Waals surface area contributed by atoms with Gasteiger partial charge >= 0.3 is 7.12 Å². The number of anilines is 1. The van der Waals surface area contributed by atoms with Gasteiger partial charge in [0.05, 0.1) is 42.5 Å². The highest BCUT2D eigenvalue weighted by molar-refractivity contribution is 6.58. The lowest BCUT2D eigenvalue weighted by atomic mass is 9.68. The van der Waals surface area contributed by atoms with Crippen LogP contribution in [-0.4, -0.2) is 73.7 Å². The van der Waals surface area contributed by atoms with Gasteiger partial charge in [0.15, 0.2) is 0 Å². The largest absolute Gasteiger partial charge is 0.508 e. The Labute approximate surface area is 249 Å². The summed E-state index contributed by atoms with van der Waals surface area (Å²) in [6.45, 7) is -0.975. The van der Waals surface area contributed by atoms with Crippen LogP contribution >= 0.6 is 0 Å². The van der Waals surface area contributed by atoms with Gasteiger partial charge in [-0.3, -0.25) is 19.5 Å². The van der Waals surface area contributed by atoms with Crippen molar-refractivity contribution in [3.05, 3.63) is 95.3 Å². The molecular weight excluding hydrogens is 551 g/mol. The normalized spacial score (nSPS) is 21.3. The molecule has 2 aromatic carbocycles. The molecule has 222 valence electrons. The second kappa shape index (κ2) is 13.0. The predicted molar refractivity (Wildman–Crippen MR) is 161 cm³/mol. The summed E-state index contributed by atoms with van der Waals surface area (Å²) in [4.78, 5) is 32.6. The summed E-state index contributed by atoms with van der Waals surface area (Å²) in [5.41, 5.74) is 3.26. The summed E-state index contributed by atoms with van der Waals surface area (Å²) in [6.07, 6.45) is 2.95. The molecule has 1 fully saturated rings. The molecule has 43 heavy (non-hydrogen) atoms. The molecule has 11 heteroatoms. The lowest BCUT2D eigenvalue weighted by molar-refractivity contribution is -0.123. The minimum absolute atomic E-state index is 0.0413. The fourth-order valence-corrected chi connectivity index (χ4v) is 6.27. The van der Waals surface area contributed by atoms with Crippen LogP contribution in [0.1, 0.15) is 30.5 Å². The van der Waals surface area contributed by atoms with E-state index in [9.17, 15) is 40.1 Å². The number of carbonyl (C=O) groups excluding carboxylic acids is 2. The van der Waals surface area contributed by atoms with E-state index in [1.807, 2.05) is 24.3 Å². The number of phenols is 1. The number of imide groups is 1. The number of nitrogens with zero attached hydrogens (tertiary/aromatic N) is 2. The molecule has 6 N–H and O–H groups in total. The first-order valence-corrected chi connectivity index (χ1v) is 14.1. The number of carbonyl (C=O) groups is 2. The zero-order chi connectivity index (χ0) is 30.7. The summed E-state index contributed by atoms with van der Waals surface area (Å²) in [5, 5.41) is 61.4. The van der Waals surface area contributed by atoms with E-state index in [4.69, 9.17) is 0 Å². The van der Waals surface area contributed by atoms with Gasteiger partial charge in [0, 0.05) is 12.1 Å². The quantitative estimate of drug-likeness (QED) is 0.117. The molecule has 1 saturated heterocycles. The number of rotatable bonds is 10. The van der Waals surface area contributed by atoms with Crippen molar-refractivity contribution >= 4 is 41.7 Å². The Hall–Kier alpha value is -4.13. The fourth-order valence-electron chi connectivity index (χ4n) is 6.27. The van der Waals surface area contributed by atoms with Crippen LogP contribution in [0.2, 0.25) is 0 Å². The highest BCUT2D eigenvalue weighted by atomic mass is 16.4. The van der Waals surface area contributed by atoms with Crippen LogP contribution in [0.5, 0.6) is 5.75 Å². The molecule has 1 aromatic heterocycles. The molecule has 3 aromatic rings. The Balaban J connectivity index is 1.43. The molecule has 0 radical (unpaired) electrons. The second-order valence-corrected chi connectivity index (χ2v) is 10.9. The van der Waals surface area contributed by atoms with Crippen molar-refractivity contribution in [2.75, 3.05) is 18.1 Å². The predicted octanol–water partition coefficient (Wildman–Crippen LogP) is 1.26. The summed E-state index contributed by atoms with van der Waals surface area (Å²) in [7, 11) is -1.79. The Bertz CT molecular complexity index is 1560. The van der Waals surface area contributed by atoms with E-state index in [-0.39, 0.29) is 29.7 Å². The van der Waals surface area contributed by atoms with Crippen LogP contribution < -0.4 is 10.4 Å². The summed E-state index contributed by atoms with van der Waals surface area (Å²) < 4.78 is 0. The van der Waals surface area contributed by atoms with Crippen molar-refractivity contribution in [3.63, 3.8) is 0 Å². The third-order valence-electron chi connectivity index (χ3n) is 8.25. The second-order valence-electron chi connectivity index (χ2n) is 10.9. The molecule has 0 spiro atoms. The third kappa shape index (κ3) is 6.17. The van der Waals surface area contributed by atoms with E-state index in [1.54, 1.807) is 30.5 Å². The van der Waals surface area contributed by atoms with Crippen molar-refractivity contribution in [2.24, 2.45) is 17.8 Å². The first-order chi connectivity index (χ1) is 20.7. The smallest absolute Gasteiger partial charge is 0.488 e. The Morgan fingerprint density at radius 2 is 1.81 bits per heavy atom. The average molecular weight is 584 g/mol. The van der Waals surface area contributed by atoms with E-state index in [0.717, 1.165) is 16.0 Å². The molecule has 1 aliphatic heterocycles. The number of hydrogen-bond donors (Lipinski definition) is 6. The van der Waals surface area contributed by atoms with E-state index >= 15 is 0 Å². The maximum atomic E-state index is 13.7. The van der Waals surface area contributed by atoms with Crippen molar-refractivity contribution in [1.29, 1.82) is 0 Å². The highest BCUT2D eigenvalue weighted by Gasteiger charge is 2.55. The fraction of sp³-hybridized carbons (Fsp3) is 0.281. The molecule has 10 nitrogen and oxygen atoms in total. The van der Waals surface area contributed by atoms with Gasteiger partial charge < -0.3 is 30.5 Å². The number of pyridine rings is 1. The minimum Gasteiger partial charge on any atom is -0.508 e. The number of allylic oxidation sites excluding steroid dienone is 1. The number of hydrogen-bond acceptors (Lipinski definition) is 9. The molecule has 0 saturated carbocycles. The number of aromatic nitrogens is 1. The zero-order valence-electron chi connectivity index (χ0n) is 23.3. The zero-order valence-corrected chi connectivity index (χ0v) is 23.3. The lowest BCUT2D eigenvalue weighted by Gasteiger charge is -2.36. The van der Waals surface area contributed by atoms with Crippen molar-refractivity contribution in [1.82, 2.24) is 4.98 Å².